The SMILES string of the molecule is O=C(N[C@H](c1ccncc1)c1ccc(F)cc1)N1CCCCCCC1. The van der Waals surface area contributed by atoms with Gasteiger partial charge in [-0.1, -0.05) is 31.4 Å². The van der Waals surface area contributed by atoms with Gasteiger partial charge in [0.05, 0.1) is 6.04 Å². The Balaban J connectivity index is 1.79. The minimum Gasteiger partial charge on any atom is -0.327 e. The third-order valence-corrected chi connectivity index (χ3v) is 4.65. The van der Waals surface area contributed by atoms with Crippen LogP contribution in [0.1, 0.15) is 49.3 Å². The number of halogens is 1. The van der Waals surface area contributed by atoms with Gasteiger partial charge in [-0.15, -0.1) is 0 Å². The highest BCUT2D eigenvalue weighted by Gasteiger charge is 2.21. The van der Waals surface area contributed by atoms with Crippen LogP contribution in [-0.2, 0) is 0 Å². The van der Waals surface area contributed by atoms with Crippen LogP contribution in [0.4, 0.5) is 9.18 Å². The highest BCUT2D eigenvalue weighted by atomic mass is 19.1. The summed E-state index contributed by atoms with van der Waals surface area (Å²) in [5.41, 5.74) is 1.79. The van der Waals surface area contributed by atoms with E-state index in [1.54, 1.807) is 24.5 Å². The third-order valence-electron chi connectivity index (χ3n) is 4.65. The Morgan fingerprint density at radius 3 is 2.12 bits per heavy atom. The molecule has 1 aliphatic rings. The van der Waals surface area contributed by atoms with E-state index in [0.29, 0.717) is 0 Å². The molecule has 0 saturated carbocycles. The van der Waals surface area contributed by atoms with Crippen molar-refractivity contribution in [2.45, 2.75) is 38.1 Å². The van der Waals surface area contributed by atoms with Crippen molar-refractivity contribution in [3.8, 4) is 0 Å². The van der Waals surface area contributed by atoms with Crippen LogP contribution in [0, 0.1) is 5.82 Å². The predicted molar refractivity (Wildman–Crippen MR) is 95.7 cm³/mol. The van der Waals surface area contributed by atoms with Gasteiger partial charge in [0, 0.05) is 25.5 Å². The van der Waals surface area contributed by atoms with E-state index in [2.05, 4.69) is 10.3 Å². The molecule has 25 heavy (non-hydrogen) atoms. The molecule has 2 amide bonds. The Morgan fingerprint density at radius 2 is 1.48 bits per heavy atom. The topological polar surface area (TPSA) is 45.2 Å². The number of pyridine rings is 1. The molecule has 4 nitrogen and oxygen atoms in total. The molecule has 1 N–H and O–H groups in total. The lowest BCUT2D eigenvalue weighted by Gasteiger charge is -2.28. The first-order valence-corrected chi connectivity index (χ1v) is 8.95. The molecule has 0 bridgehead atoms. The van der Waals surface area contributed by atoms with E-state index in [0.717, 1.165) is 37.1 Å². The molecule has 2 aromatic rings. The zero-order valence-corrected chi connectivity index (χ0v) is 14.3. The summed E-state index contributed by atoms with van der Waals surface area (Å²) in [6.07, 6.45) is 9.10. The monoisotopic (exact) mass is 341 g/mol. The van der Waals surface area contributed by atoms with E-state index in [9.17, 15) is 9.18 Å². The van der Waals surface area contributed by atoms with Gasteiger partial charge in [-0.05, 0) is 48.2 Å². The number of likely N-dealkylation sites (tertiary alicyclic amines) is 1. The average Bonchev–Trinajstić information content (AvgIpc) is 2.61. The van der Waals surface area contributed by atoms with E-state index in [-0.39, 0.29) is 17.9 Å². The number of aromatic nitrogens is 1. The van der Waals surface area contributed by atoms with Gasteiger partial charge in [0.2, 0.25) is 0 Å². The summed E-state index contributed by atoms with van der Waals surface area (Å²) < 4.78 is 13.3. The first-order valence-electron chi connectivity index (χ1n) is 8.95. The molecule has 2 heterocycles. The van der Waals surface area contributed by atoms with Crippen molar-refractivity contribution in [1.82, 2.24) is 15.2 Å². The Kier molecular flexibility index (Phi) is 5.99. The number of carbonyl (C=O) groups is 1. The summed E-state index contributed by atoms with van der Waals surface area (Å²) in [7, 11) is 0. The largest absolute Gasteiger partial charge is 0.327 e. The lowest BCUT2D eigenvalue weighted by Crippen LogP contribution is -2.43. The third kappa shape index (κ3) is 4.78. The van der Waals surface area contributed by atoms with E-state index in [1.165, 1.54) is 31.4 Å². The quantitative estimate of drug-likeness (QED) is 0.905. The van der Waals surface area contributed by atoms with Crippen LogP contribution in [0.3, 0.4) is 0 Å². The fourth-order valence-electron chi connectivity index (χ4n) is 3.24. The van der Waals surface area contributed by atoms with Crippen LogP contribution >= 0.6 is 0 Å². The Bertz CT molecular complexity index is 667. The second-order valence-corrected chi connectivity index (χ2v) is 6.47. The zero-order valence-electron chi connectivity index (χ0n) is 14.3. The standard InChI is InChI=1S/C20H24FN3O/c21-18-8-6-16(7-9-18)19(17-10-12-22-13-11-17)23-20(25)24-14-4-2-1-3-5-15-24/h6-13,19H,1-5,14-15H2,(H,23,25)/t19-/m0/s1. The zero-order chi connectivity index (χ0) is 17.5. The lowest BCUT2D eigenvalue weighted by molar-refractivity contribution is 0.190. The van der Waals surface area contributed by atoms with Crippen LogP contribution in [0.25, 0.3) is 0 Å². The van der Waals surface area contributed by atoms with Gasteiger partial charge in [-0.3, -0.25) is 4.98 Å². The molecule has 1 saturated heterocycles. The van der Waals surface area contributed by atoms with Gasteiger partial charge in [0.25, 0.3) is 0 Å². The van der Waals surface area contributed by atoms with Crippen LogP contribution in [-0.4, -0.2) is 29.0 Å². The number of benzene rings is 1. The first kappa shape index (κ1) is 17.4. The summed E-state index contributed by atoms with van der Waals surface area (Å²) in [6.45, 7) is 1.58. The predicted octanol–water partition coefficient (Wildman–Crippen LogP) is 4.29. The van der Waals surface area contributed by atoms with E-state index >= 15 is 0 Å². The summed E-state index contributed by atoms with van der Waals surface area (Å²) in [4.78, 5) is 18.8. The molecule has 1 aromatic heterocycles. The van der Waals surface area contributed by atoms with Crippen molar-refractivity contribution in [2.24, 2.45) is 0 Å². The molecule has 0 spiro atoms. The molecule has 132 valence electrons. The Labute approximate surface area is 148 Å². The fourth-order valence-corrected chi connectivity index (χ4v) is 3.24. The van der Waals surface area contributed by atoms with E-state index < -0.39 is 0 Å². The van der Waals surface area contributed by atoms with Crippen LogP contribution < -0.4 is 5.32 Å². The molecule has 1 aromatic carbocycles. The fraction of sp³-hybridized carbons (Fsp3) is 0.400. The molecule has 0 aliphatic carbocycles. The minimum atomic E-state index is -0.318. The van der Waals surface area contributed by atoms with Crippen molar-refractivity contribution in [1.29, 1.82) is 0 Å². The first-order chi connectivity index (χ1) is 12.2. The number of nitrogens with zero attached hydrogens (tertiary/aromatic N) is 2. The molecule has 1 atom stereocenters. The van der Waals surface area contributed by atoms with Crippen molar-refractivity contribution in [2.75, 3.05) is 13.1 Å². The molecule has 0 radical (unpaired) electrons. The maximum Gasteiger partial charge on any atom is 0.318 e. The van der Waals surface area contributed by atoms with Crippen molar-refractivity contribution in [3.05, 3.63) is 65.7 Å². The Morgan fingerprint density at radius 1 is 0.920 bits per heavy atom. The smallest absolute Gasteiger partial charge is 0.318 e. The average molecular weight is 341 g/mol. The summed E-state index contributed by atoms with van der Waals surface area (Å²) in [5.74, 6) is -0.285. The number of amides is 2. The second-order valence-electron chi connectivity index (χ2n) is 6.47. The second kappa shape index (κ2) is 8.60. The molecular weight excluding hydrogens is 317 g/mol. The van der Waals surface area contributed by atoms with Crippen LogP contribution in [0.15, 0.2) is 48.8 Å². The molecule has 1 fully saturated rings. The minimum absolute atomic E-state index is 0.0620. The molecule has 3 rings (SSSR count). The number of carbonyl (C=O) groups excluding carboxylic acids is 1. The Hall–Kier alpha value is -2.43. The number of hydrogen-bond acceptors (Lipinski definition) is 2. The van der Waals surface area contributed by atoms with Gasteiger partial charge >= 0.3 is 6.03 Å². The summed E-state index contributed by atoms with van der Waals surface area (Å²) >= 11 is 0. The van der Waals surface area contributed by atoms with Gasteiger partial charge < -0.3 is 10.2 Å². The number of rotatable bonds is 3. The van der Waals surface area contributed by atoms with Gasteiger partial charge in [-0.2, -0.15) is 0 Å². The number of hydrogen-bond donors (Lipinski definition) is 1. The highest BCUT2D eigenvalue weighted by molar-refractivity contribution is 5.75. The molecular formula is C20H24FN3O. The van der Waals surface area contributed by atoms with Gasteiger partial charge in [0.15, 0.2) is 0 Å². The van der Waals surface area contributed by atoms with Gasteiger partial charge in [0.1, 0.15) is 5.82 Å². The van der Waals surface area contributed by atoms with E-state index in [4.69, 9.17) is 0 Å². The molecule has 1 aliphatic heterocycles. The van der Waals surface area contributed by atoms with Crippen LogP contribution in [0.2, 0.25) is 0 Å². The number of urea groups is 1. The maximum atomic E-state index is 13.3. The van der Waals surface area contributed by atoms with Crippen molar-refractivity contribution in [3.63, 3.8) is 0 Å². The van der Waals surface area contributed by atoms with Crippen molar-refractivity contribution >= 4 is 6.03 Å². The maximum absolute atomic E-state index is 13.3. The van der Waals surface area contributed by atoms with Crippen LogP contribution in [0.5, 0.6) is 0 Å². The summed E-state index contributed by atoms with van der Waals surface area (Å²) in [5, 5.41) is 3.12. The normalized spacial score (nSPS) is 16.6. The molecule has 0 unspecified atom stereocenters. The van der Waals surface area contributed by atoms with Crippen molar-refractivity contribution < 1.29 is 9.18 Å². The van der Waals surface area contributed by atoms with E-state index in [1.807, 2.05) is 17.0 Å². The van der Waals surface area contributed by atoms with Gasteiger partial charge in [-0.25, -0.2) is 9.18 Å². The lowest BCUT2D eigenvalue weighted by atomic mass is 9.99. The summed E-state index contributed by atoms with van der Waals surface area (Å²) in [6, 6.07) is 9.65. The number of nitrogens with one attached hydrogen (secondary N) is 1. The highest BCUT2D eigenvalue weighted by Crippen LogP contribution is 2.22. The molecule has 5 heteroatoms.